The lowest BCUT2D eigenvalue weighted by Crippen LogP contribution is -1.88. The van der Waals surface area contributed by atoms with Crippen LogP contribution in [0.4, 0.5) is 0 Å². The second-order valence-electron chi connectivity index (χ2n) is 6.24. The van der Waals surface area contributed by atoms with Crippen LogP contribution in [0, 0.1) is 0 Å². The van der Waals surface area contributed by atoms with Gasteiger partial charge in [0.05, 0.1) is 6.61 Å². The van der Waals surface area contributed by atoms with E-state index in [0.29, 0.717) is 0 Å². The molecule has 22 heavy (non-hydrogen) atoms. The van der Waals surface area contributed by atoms with Crippen LogP contribution in [0.1, 0.15) is 66.2 Å². The monoisotopic (exact) mass is 302 g/mol. The molecule has 0 aliphatic carbocycles. The van der Waals surface area contributed by atoms with Crippen LogP contribution in [0.3, 0.4) is 0 Å². The molecular weight excluding hydrogens is 268 g/mol. The second-order valence-corrected chi connectivity index (χ2v) is 6.24. The largest absolute Gasteiger partial charge is 0.392 e. The van der Waals surface area contributed by atoms with E-state index >= 15 is 0 Å². The van der Waals surface area contributed by atoms with Crippen molar-refractivity contribution in [3.05, 3.63) is 59.3 Å². The van der Waals surface area contributed by atoms with Crippen molar-refractivity contribution < 1.29 is 5.11 Å². The molecule has 0 aromatic heterocycles. The van der Waals surface area contributed by atoms with Crippen LogP contribution in [-0.2, 0) is 0 Å². The molecule has 0 aliphatic rings. The first kappa shape index (κ1) is 20.7. The highest BCUT2D eigenvalue weighted by Gasteiger charge is 1.98. The first-order chi connectivity index (χ1) is 10.5. The smallest absolute Gasteiger partial charge is 0.0615 e. The molecule has 0 amide bonds. The van der Waals surface area contributed by atoms with E-state index in [9.17, 15) is 0 Å². The highest BCUT2D eigenvalue weighted by molar-refractivity contribution is 5.13. The van der Waals surface area contributed by atoms with Gasteiger partial charge < -0.3 is 5.11 Å². The summed E-state index contributed by atoms with van der Waals surface area (Å²) in [4.78, 5) is 0. The van der Waals surface area contributed by atoms with Crippen LogP contribution in [0.25, 0.3) is 0 Å². The highest BCUT2D eigenvalue weighted by Crippen LogP contribution is 2.17. The van der Waals surface area contributed by atoms with Crippen LogP contribution in [0.5, 0.6) is 0 Å². The van der Waals surface area contributed by atoms with E-state index in [0.717, 1.165) is 38.5 Å². The Morgan fingerprint density at radius 1 is 0.773 bits per heavy atom. The number of aliphatic hydroxyl groups is 1. The van der Waals surface area contributed by atoms with Gasteiger partial charge in [-0.1, -0.05) is 52.7 Å². The van der Waals surface area contributed by atoms with Crippen LogP contribution < -0.4 is 0 Å². The number of aliphatic hydroxyl groups excluding tert-OH is 1. The molecule has 0 fully saturated rings. The Hall–Kier alpha value is -1.34. The molecule has 1 N–H and O–H groups in total. The summed E-state index contributed by atoms with van der Waals surface area (Å²) in [5.74, 6) is 0. The fourth-order valence-electron chi connectivity index (χ4n) is 2.23. The molecule has 1 heteroatoms. The van der Waals surface area contributed by atoms with E-state index in [2.05, 4.69) is 52.5 Å². The van der Waals surface area contributed by atoms with Gasteiger partial charge in [0, 0.05) is 0 Å². The van der Waals surface area contributed by atoms with Gasteiger partial charge >= 0.3 is 0 Å². The number of allylic oxidation sites excluding steroid dienone is 8. The molecule has 0 aromatic carbocycles. The Kier molecular flexibility index (Phi) is 12.5. The summed E-state index contributed by atoms with van der Waals surface area (Å²) in [5, 5.41) is 9.13. The van der Waals surface area contributed by atoms with Crippen LogP contribution >= 0.6 is 0 Å². The summed E-state index contributed by atoms with van der Waals surface area (Å²) >= 11 is 0. The molecule has 0 radical (unpaired) electrons. The Bertz CT molecular complexity index is 425. The van der Waals surface area contributed by atoms with E-state index in [4.69, 9.17) is 5.11 Å². The lowest BCUT2D eigenvalue weighted by Gasteiger charge is -2.06. The van der Waals surface area contributed by atoms with Gasteiger partial charge in [-0.05, 0) is 66.2 Å². The molecule has 0 bridgehead atoms. The van der Waals surface area contributed by atoms with E-state index in [1.807, 2.05) is 12.2 Å². The summed E-state index contributed by atoms with van der Waals surface area (Å²) in [7, 11) is 0. The maximum Gasteiger partial charge on any atom is 0.0615 e. The molecule has 0 rings (SSSR count). The van der Waals surface area contributed by atoms with E-state index in [1.165, 1.54) is 22.3 Å². The first-order valence-corrected chi connectivity index (χ1v) is 8.33. The standard InChI is InChI=1S/C21H34O/c1-6-9-20(11-7-10-18(2)3)12-8-13-21(16-17-22)15-14-19(4)5/h6,10,12,14,16,22H,1,7-9,11,13,15,17H2,2-5H3/b20-12+,21-16-. The summed E-state index contributed by atoms with van der Waals surface area (Å²) < 4.78 is 0. The Morgan fingerprint density at radius 2 is 1.32 bits per heavy atom. The third kappa shape index (κ3) is 12.4. The fraction of sp³-hybridized carbons (Fsp3) is 0.524. The normalized spacial score (nSPS) is 12.0. The molecular formula is C21H34O. The van der Waals surface area contributed by atoms with Gasteiger partial charge in [0.1, 0.15) is 0 Å². The number of hydrogen-bond acceptors (Lipinski definition) is 1. The molecule has 0 aromatic rings. The van der Waals surface area contributed by atoms with Crippen molar-refractivity contribution in [1.82, 2.24) is 0 Å². The third-order valence-electron chi connectivity index (χ3n) is 3.48. The summed E-state index contributed by atoms with van der Waals surface area (Å²) in [5.41, 5.74) is 5.50. The van der Waals surface area contributed by atoms with Crippen LogP contribution in [0.2, 0.25) is 0 Å². The minimum absolute atomic E-state index is 0.135. The molecule has 0 heterocycles. The van der Waals surface area contributed by atoms with Gasteiger partial charge in [-0.3, -0.25) is 0 Å². The number of rotatable bonds is 11. The fourth-order valence-corrected chi connectivity index (χ4v) is 2.23. The summed E-state index contributed by atoms with van der Waals surface area (Å²) in [6.07, 6.45) is 17.0. The quantitative estimate of drug-likeness (QED) is 0.445. The van der Waals surface area contributed by atoms with Crippen molar-refractivity contribution in [2.24, 2.45) is 0 Å². The maximum atomic E-state index is 9.13. The maximum absolute atomic E-state index is 9.13. The molecule has 1 nitrogen and oxygen atoms in total. The highest BCUT2D eigenvalue weighted by atomic mass is 16.2. The molecule has 0 saturated carbocycles. The minimum Gasteiger partial charge on any atom is -0.392 e. The first-order valence-electron chi connectivity index (χ1n) is 8.33. The van der Waals surface area contributed by atoms with E-state index < -0.39 is 0 Å². The van der Waals surface area contributed by atoms with Crippen molar-refractivity contribution in [3.8, 4) is 0 Å². The van der Waals surface area contributed by atoms with Gasteiger partial charge in [-0.2, -0.15) is 0 Å². The third-order valence-corrected chi connectivity index (χ3v) is 3.48. The lowest BCUT2D eigenvalue weighted by atomic mass is 10.0. The number of hydrogen-bond donors (Lipinski definition) is 1. The molecule has 0 spiro atoms. The van der Waals surface area contributed by atoms with E-state index in [1.54, 1.807) is 0 Å². The van der Waals surface area contributed by atoms with Gasteiger partial charge in [0.2, 0.25) is 0 Å². The van der Waals surface area contributed by atoms with E-state index in [-0.39, 0.29) is 6.61 Å². The Morgan fingerprint density at radius 3 is 1.82 bits per heavy atom. The average molecular weight is 303 g/mol. The Labute approximate surface area is 137 Å². The predicted octanol–water partition coefficient (Wildman–Crippen LogP) is 6.29. The Balaban J connectivity index is 4.51. The van der Waals surface area contributed by atoms with Gasteiger partial charge in [-0.15, -0.1) is 6.58 Å². The van der Waals surface area contributed by atoms with Gasteiger partial charge in [0.15, 0.2) is 0 Å². The van der Waals surface area contributed by atoms with Crippen molar-refractivity contribution in [2.75, 3.05) is 6.61 Å². The zero-order valence-corrected chi connectivity index (χ0v) is 15.0. The molecule has 0 unspecified atom stereocenters. The van der Waals surface area contributed by atoms with Crippen molar-refractivity contribution in [3.63, 3.8) is 0 Å². The zero-order valence-electron chi connectivity index (χ0n) is 15.0. The van der Waals surface area contributed by atoms with Crippen molar-refractivity contribution in [1.29, 1.82) is 0 Å². The van der Waals surface area contributed by atoms with Crippen molar-refractivity contribution in [2.45, 2.75) is 66.2 Å². The summed E-state index contributed by atoms with van der Waals surface area (Å²) in [6, 6.07) is 0. The predicted molar refractivity (Wildman–Crippen MR) is 100 cm³/mol. The zero-order chi connectivity index (χ0) is 16.8. The minimum atomic E-state index is 0.135. The molecule has 0 atom stereocenters. The van der Waals surface area contributed by atoms with Crippen molar-refractivity contribution >= 4 is 0 Å². The van der Waals surface area contributed by atoms with Gasteiger partial charge in [0.25, 0.3) is 0 Å². The average Bonchev–Trinajstić information content (AvgIpc) is 2.44. The summed E-state index contributed by atoms with van der Waals surface area (Å²) in [6.45, 7) is 12.5. The molecule has 0 aliphatic heterocycles. The lowest BCUT2D eigenvalue weighted by molar-refractivity contribution is 0.341. The van der Waals surface area contributed by atoms with Crippen LogP contribution in [0.15, 0.2) is 59.3 Å². The molecule has 0 saturated heterocycles. The molecule has 124 valence electrons. The van der Waals surface area contributed by atoms with Gasteiger partial charge in [-0.25, -0.2) is 0 Å². The topological polar surface area (TPSA) is 20.2 Å². The second kappa shape index (κ2) is 13.3. The SMILES string of the molecule is C=CC/C(=C\CC/C(=C/CO)CC=C(C)C)CCC=C(C)C. The van der Waals surface area contributed by atoms with Crippen LogP contribution in [-0.4, -0.2) is 11.7 Å².